The maximum absolute atomic E-state index is 6.16. The van der Waals surface area contributed by atoms with Gasteiger partial charge in [-0.1, -0.05) is 48.8 Å². The summed E-state index contributed by atoms with van der Waals surface area (Å²) in [5.41, 5.74) is 6.92. The molecule has 0 radical (unpaired) electrons. The monoisotopic (exact) mass is 309 g/mol. The Morgan fingerprint density at radius 2 is 2.05 bits per heavy atom. The average molecular weight is 310 g/mol. The lowest BCUT2D eigenvalue weighted by atomic mass is 10.1. The summed E-state index contributed by atoms with van der Waals surface area (Å²) in [6, 6.07) is 6.80. The van der Waals surface area contributed by atoms with Crippen LogP contribution in [0.5, 0.6) is 0 Å². The molecule has 2 N–H and O–H groups in total. The van der Waals surface area contributed by atoms with Crippen molar-refractivity contribution in [1.29, 1.82) is 0 Å². The molecule has 114 valence electrons. The van der Waals surface area contributed by atoms with Crippen LogP contribution >= 0.6 is 11.6 Å². The standard InChI is InChI=1S/C15H20ClN3O2/c1-4-20-13(9(2)3)14-18-15(21-19-14)12(17)10-7-5-6-8-11(10)16/h5-9,12-13H,4,17H2,1-3H3/t12-,13?/m1/s1. The van der Waals surface area contributed by atoms with Crippen LogP contribution in [0.25, 0.3) is 0 Å². The molecular formula is C15H20ClN3O2. The minimum Gasteiger partial charge on any atom is -0.370 e. The first-order chi connectivity index (χ1) is 10.0. The van der Waals surface area contributed by atoms with E-state index in [1.54, 1.807) is 6.07 Å². The van der Waals surface area contributed by atoms with Crippen molar-refractivity contribution in [3.8, 4) is 0 Å². The molecule has 0 aliphatic carbocycles. The molecule has 1 heterocycles. The van der Waals surface area contributed by atoms with Gasteiger partial charge in [0.25, 0.3) is 0 Å². The highest BCUT2D eigenvalue weighted by atomic mass is 35.5. The summed E-state index contributed by atoms with van der Waals surface area (Å²) in [5.74, 6) is 1.10. The third-order valence-corrected chi connectivity index (χ3v) is 3.51. The second kappa shape index (κ2) is 7.02. The summed E-state index contributed by atoms with van der Waals surface area (Å²) in [7, 11) is 0. The van der Waals surface area contributed by atoms with E-state index in [-0.39, 0.29) is 12.0 Å². The minimum absolute atomic E-state index is 0.203. The molecule has 1 aromatic heterocycles. The third kappa shape index (κ3) is 3.61. The largest absolute Gasteiger partial charge is 0.370 e. The van der Waals surface area contributed by atoms with Crippen LogP contribution in [-0.4, -0.2) is 16.7 Å². The number of halogens is 1. The van der Waals surface area contributed by atoms with Crippen LogP contribution in [-0.2, 0) is 4.74 Å². The Bertz CT molecular complexity index is 586. The first kappa shape index (κ1) is 15.9. The molecule has 1 unspecified atom stereocenters. The molecule has 1 aromatic carbocycles. The van der Waals surface area contributed by atoms with E-state index in [0.717, 1.165) is 5.56 Å². The lowest BCUT2D eigenvalue weighted by Crippen LogP contribution is -2.15. The van der Waals surface area contributed by atoms with Gasteiger partial charge in [0.1, 0.15) is 12.1 Å². The molecule has 2 atom stereocenters. The fourth-order valence-corrected chi connectivity index (χ4v) is 2.35. The number of aromatic nitrogens is 2. The van der Waals surface area contributed by atoms with Crippen molar-refractivity contribution in [3.05, 3.63) is 46.6 Å². The smallest absolute Gasteiger partial charge is 0.248 e. The van der Waals surface area contributed by atoms with E-state index in [2.05, 4.69) is 10.1 Å². The molecule has 0 bridgehead atoms. The molecule has 0 fully saturated rings. The summed E-state index contributed by atoms with van der Waals surface area (Å²) in [6.45, 7) is 6.61. The Labute approximate surface area is 129 Å². The van der Waals surface area contributed by atoms with Gasteiger partial charge in [-0.15, -0.1) is 0 Å². The fourth-order valence-electron chi connectivity index (χ4n) is 2.09. The minimum atomic E-state index is -0.547. The van der Waals surface area contributed by atoms with Crippen molar-refractivity contribution in [1.82, 2.24) is 10.1 Å². The van der Waals surface area contributed by atoms with Gasteiger partial charge in [-0.2, -0.15) is 4.98 Å². The van der Waals surface area contributed by atoms with Crippen LogP contribution in [0.2, 0.25) is 5.02 Å². The number of hydrogen-bond acceptors (Lipinski definition) is 5. The zero-order chi connectivity index (χ0) is 15.4. The molecule has 0 saturated carbocycles. The number of nitrogens with zero attached hydrogens (tertiary/aromatic N) is 2. The lowest BCUT2D eigenvalue weighted by Gasteiger charge is -2.16. The predicted molar refractivity (Wildman–Crippen MR) is 81.0 cm³/mol. The molecule has 0 saturated heterocycles. The van der Waals surface area contributed by atoms with Crippen molar-refractivity contribution >= 4 is 11.6 Å². The van der Waals surface area contributed by atoms with E-state index in [1.807, 2.05) is 39.0 Å². The van der Waals surface area contributed by atoms with Crippen molar-refractivity contribution in [2.45, 2.75) is 32.9 Å². The molecule has 5 nitrogen and oxygen atoms in total. The van der Waals surface area contributed by atoms with E-state index in [1.165, 1.54) is 0 Å². The molecule has 2 aromatic rings. The molecule has 0 spiro atoms. The van der Waals surface area contributed by atoms with Gasteiger partial charge in [0.15, 0.2) is 0 Å². The Hall–Kier alpha value is -1.43. The van der Waals surface area contributed by atoms with Gasteiger partial charge in [-0.3, -0.25) is 0 Å². The number of hydrogen-bond donors (Lipinski definition) is 1. The molecule has 21 heavy (non-hydrogen) atoms. The van der Waals surface area contributed by atoms with Gasteiger partial charge >= 0.3 is 0 Å². The molecule has 0 aliphatic rings. The van der Waals surface area contributed by atoms with Crippen molar-refractivity contribution in [2.75, 3.05) is 6.61 Å². The second-order valence-electron chi connectivity index (χ2n) is 5.11. The summed E-state index contributed by atoms with van der Waals surface area (Å²) in [6.07, 6.45) is -0.203. The second-order valence-corrected chi connectivity index (χ2v) is 5.52. The summed E-state index contributed by atoms with van der Waals surface area (Å²) >= 11 is 6.14. The summed E-state index contributed by atoms with van der Waals surface area (Å²) in [5, 5.41) is 4.58. The number of benzene rings is 1. The highest BCUT2D eigenvalue weighted by Crippen LogP contribution is 2.28. The quantitative estimate of drug-likeness (QED) is 0.884. The maximum atomic E-state index is 6.16. The van der Waals surface area contributed by atoms with Gasteiger partial charge in [-0.05, 0) is 24.5 Å². The Morgan fingerprint density at radius 3 is 2.67 bits per heavy atom. The van der Waals surface area contributed by atoms with E-state index < -0.39 is 6.04 Å². The van der Waals surface area contributed by atoms with Crippen LogP contribution in [0.4, 0.5) is 0 Å². The van der Waals surface area contributed by atoms with Gasteiger partial charge in [-0.25, -0.2) is 0 Å². The van der Waals surface area contributed by atoms with Gasteiger partial charge in [0.2, 0.25) is 11.7 Å². The molecule has 0 aliphatic heterocycles. The van der Waals surface area contributed by atoms with E-state index in [9.17, 15) is 0 Å². The van der Waals surface area contributed by atoms with Crippen molar-refractivity contribution in [2.24, 2.45) is 11.7 Å². The van der Waals surface area contributed by atoms with Crippen LogP contribution < -0.4 is 5.73 Å². The average Bonchev–Trinajstić information content (AvgIpc) is 2.93. The van der Waals surface area contributed by atoms with Crippen LogP contribution in [0, 0.1) is 5.92 Å². The topological polar surface area (TPSA) is 74.2 Å². The zero-order valence-electron chi connectivity index (χ0n) is 12.4. The number of ether oxygens (including phenoxy) is 1. The lowest BCUT2D eigenvalue weighted by molar-refractivity contribution is 0.0217. The Kier molecular flexibility index (Phi) is 5.33. The summed E-state index contributed by atoms with van der Waals surface area (Å²) in [4.78, 5) is 4.38. The third-order valence-electron chi connectivity index (χ3n) is 3.17. The van der Waals surface area contributed by atoms with Crippen LogP contribution in [0.3, 0.4) is 0 Å². The number of nitrogens with two attached hydrogens (primary N) is 1. The van der Waals surface area contributed by atoms with Crippen LogP contribution in [0.15, 0.2) is 28.8 Å². The highest BCUT2D eigenvalue weighted by molar-refractivity contribution is 6.31. The SMILES string of the molecule is CCOC(c1noc([C@H](N)c2ccccc2Cl)n1)C(C)C. The fraction of sp³-hybridized carbons (Fsp3) is 0.467. The van der Waals surface area contributed by atoms with Gasteiger partial charge in [0.05, 0.1) is 0 Å². The Balaban J connectivity index is 2.25. The first-order valence-electron chi connectivity index (χ1n) is 6.99. The summed E-state index contributed by atoms with van der Waals surface area (Å²) < 4.78 is 10.9. The van der Waals surface area contributed by atoms with E-state index in [0.29, 0.717) is 23.3 Å². The predicted octanol–water partition coefficient (Wildman–Crippen LogP) is 3.50. The van der Waals surface area contributed by atoms with E-state index in [4.69, 9.17) is 26.6 Å². The van der Waals surface area contributed by atoms with Crippen molar-refractivity contribution in [3.63, 3.8) is 0 Å². The van der Waals surface area contributed by atoms with Gasteiger partial charge in [0, 0.05) is 11.6 Å². The molecule has 2 rings (SSSR count). The number of rotatable bonds is 6. The first-order valence-corrected chi connectivity index (χ1v) is 7.37. The van der Waals surface area contributed by atoms with Crippen LogP contribution in [0.1, 0.15) is 50.2 Å². The zero-order valence-corrected chi connectivity index (χ0v) is 13.2. The molecule has 6 heteroatoms. The highest BCUT2D eigenvalue weighted by Gasteiger charge is 2.25. The molecular weight excluding hydrogens is 290 g/mol. The maximum Gasteiger partial charge on any atom is 0.248 e. The molecule has 0 amide bonds. The normalized spacial score (nSPS) is 14.4. The van der Waals surface area contributed by atoms with Crippen molar-refractivity contribution < 1.29 is 9.26 Å². The van der Waals surface area contributed by atoms with Gasteiger partial charge < -0.3 is 15.0 Å². The Morgan fingerprint density at radius 1 is 1.33 bits per heavy atom. The van der Waals surface area contributed by atoms with E-state index >= 15 is 0 Å².